The molecular formula is C16H16ClN5O2S. The molecule has 1 amide bonds. The Hall–Kier alpha value is -2.32. The summed E-state index contributed by atoms with van der Waals surface area (Å²) in [6.07, 6.45) is 1.94. The molecule has 3 aromatic rings. The molecule has 0 aliphatic carbocycles. The van der Waals surface area contributed by atoms with E-state index in [4.69, 9.17) is 11.6 Å². The minimum absolute atomic E-state index is 0.149. The lowest BCUT2D eigenvalue weighted by molar-refractivity contribution is -0.115. The Morgan fingerprint density at radius 2 is 2.28 bits per heavy atom. The zero-order valence-electron chi connectivity index (χ0n) is 13.6. The van der Waals surface area contributed by atoms with Crippen LogP contribution in [0.5, 0.6) is 0 Å². The summed E-state index contributed by atoms with van der Waals surface area (Å²) >= 11 is 7.24. The van der Waals surface area contributed by atoms with Gasteiger partial charge in [-0.05, 0) is 24.6 Å². The van der Waals surface area contributed by atoms with Crippen molar-refractivity contribution in [1.29, 1.82) is 0 Å². The van der Waals surface area contributed by atoms with Crippen LogP contribution in [0.2, 0.25) is 5.02 Å². The number of fused-ring (bicyclic) bond motifs is 1. The highest BCUT2D eigenvalue weighted by Gasteiger charge is 2.22. The van der Waals surface area contributed by atoms with Gasteiger partial charge in [0.2, 0.25) is 5.91 Å². The molecule has 9 heteroatoms. The molecule has 7 nitrogen and oxygen atoms in total. The lowest BCUT2D eigenvalue weighted by Gasteiger charge is -2.14. The number of H-pyrrole nitrogens is 1. The molecule has 25 heavy (non-hydrogen) atoms. The molecule has 0 radical (unpaired) electrons. The molecule has 130 valence electrons. The Kier molecular flexibility index (Phi) is 5.10. The maximum Gasteiger partial charge on any atom is 0.278 e. The van der Waals surface area contributed by atoms with E-state index in [-0.39, 0.29) is 22.2 Å². The number of amides is 1. The number of rotatable bonds is 5. The molecule has 1 aromatic carbocycles. The molecule has 0 aliphatic heterocycles. The van der Waals surface area contributed by atoms with Gasteiger partial charge in [0, 0.05) is 17.8 Å². The lowest BCUT2D eigenvalue weighted by Crippen LogP contribution is -2.25. The molecule has 0 saturated carbocycles. The van der Waals surface area contributed by atoms with Crippen LogP contribution in [0.25, 0.3) is 11.2 Å². The number of hydrogen-bond acceptors (Lipinski definition) is 5. The second kappa shape index (κ2) is 7.28. The lowest BCUT2D eigenvalue weighted by atomic mass is 10.3. The number of nitrogens with zero attached hydrogens (tertiary/aromatic N) is 3. The van der Waals surface area contributed by atoms with Gasteiger partial charge in [0.1, 0.15) is 0 Å². The van der Waals surface area contributed by atoms with E-state index >= 15 is 0 Å². The quantitative estimate of drug-likeness (QED) is 0.667. The average molecular weight is 378 g/mol. The number of anilines is 1. The van der Waals surface area contributed by atoms with Gasteiger partial charge >= 0.3 is 0 Å². The SMILES string of the molecule is CC[C@H](Sc1nc2c(=O)[nH]cnc2n1C)C(=O)Nc1cccc(Cl)c1. The van der Waals surface area contributed by atoms with Crippen LogP contribution >= 0.6 is 23.4 Å². The number of halogens is 1. The second-order valence-electron chi connectivity index (χ2n) is 5.37. The van der Waals surface area contributed by atoms with Gasteiger partial charge in [-0.25, -0.2) is 9.97 Å². The number of thioether (sulfide) groups is 1. The van der Waals surface area contributed by atoms with Crippen LogP contribution < -0.4 is 10.9 Å². The Morgan fingerprint density at radius 1 is 1.48 bits per heavy atom. The largest absolute Gasteiger partial charge is 0.325 e. The molecule has 0 fully saturated rings. The van der Waals surface area contributed by atoms with Crippen molar-refractivity contribution in [2.24, 2.45) is 7.05 Å². The van der Waals surface area contributed by atoms with E-state index in [1.807, 2.05) is 6.92 Å². The van der Waals surface area contributed by atoms with E-state index in [2.05, 4.69) is 20.3 Å². The van der Waals surface area contributed by atoms with Gasteiger partial charge in [-0.2, -0.15) is 0 Å². The summed E-state index contributed by atoms with van der Waals surface area (Å²) in [5.74, 6) is -0.149. The van der Waals surface area contributed by atoms with Crippen molar-refractivity contribution in [3.8, 4) is 0 Å². The first-order chi connectivity index (χ1) is 12.0. The number of carbonyl (C=O) groups excluding carboxylic acids is 1. The van der Waals surface area contributed by atoms with Crippen LogP contribution in [0.3, 0.4) is 0 Å². The van der Waals surface area contributed by atoms with Crippen LogP contribution in [0.1, 0.15) is 13.3 Å². The first-order valence-electron chi connectivity index (χ1n) is 7.62. The van der Waals surface area contributed by atoms with Gasteiger partial charge in [-0.1, -0.05) is 36.4 Å². The predicted octanol–water partition coefficient (Wildman–Crippen LogP) is 2.82. The summed E-state index contributed by atoms with van der Waals surface area (Å²) in [5.41, 5.74) is 1.08. The number of nitrogens with one attached hydrogen (secondary N) is 2. The number of carbonyl (C=O) groups is 1. The molecule has 2 aromatic heterocycles. The maximum atomic E-state index is 12.6. The molecule has 2 N–H and O–H groups in total. The molecule has 0 bridgehead atoms. The summed E-state index contributed by atoms with van der Waals surface area (Å²) < 4.78 is 1.71. The Bertz CT molecular complexity index is 984. The van der Waals surface area contributed by atoms with E-state index in [1.165, 1.54) is 18.1 Å². The van der Waals surface area contributed by atoms with Gasteiger partial charge in [0.15, 0.2) is 16.3 Å². The van der Waals surface area contributed by atoms with E-state index in [9.17, 15) is 9.59 Å². The molecule has 0 unspecified atom stereocenters. The highest BCUT2D eigenvalue weighted by atomic mass is 35.5. The first kappa shape index (κ1) is 17.5. The third kappa shape index (κ3) is 3.69. The standard InChI is InChI=1S/C16H16ClN5O2S/c1-3-11(14(23)20-10-6-4-5-9(17)7-10)25-16-21-12-13(22(16)2)18-8-19-15(12)24/h4-8,11H,3H2,1-2H3,(H,20,23)(H,18,19,24)/t11-/m0/s1. The van der Waals surface area contributed by atoms with Crippen molar-refractivity contribution in [2.45, 2.75) is 23.8 Å². The van der Waals surface area contributed by atoms with Crippen molar-refractivity contribution in [3.63, 3.8) is 0 Å². The molecular weight excluding hydrogens is 362 g/mol. The summed E-state index contributed by atoms with van der Waals surface area (Å²) in [6.45, 7) is 1.92. The fourth-order valence-corrected chi connectivity index (χ4v) is 3.50. The number of aromatic amines is 1. The summed E-state index contributed by atoms with van der Waals surface area (Å²) in [4.78, 5) is 35.3. The maximum absolute atomic E-state index is 12.6. The van der Waals surface area contributed by atoms with Gasteiger partial charge < -0.3 is 14.9 Å². The van der Waals surface area contributed by atoms with Crippen molar-refractivity contribution >= 4 is 46.1 Å². The van der Waals surface area contributed by atoms with Crippen molar-refractivity contribution in [3.05, 3.63) is 46.0 Å². The summed E-state index contributed by atoms with van der Waals surface area (Å²) in [7, 11) is 1.77. The summed E-state index contributed by atoms with van der Waals surface area (Å²) in [6, 6.07) is 6.98. The molecule has 1 atom stereocenters. The average Bonchev–Trinajstić information content (AvgIpc) is 2.90. The molecule has 2 heterocycles. The van der Waals surface area contributed by atoms with Crippen molar-refractivity contribution in [1.82, 2.24) is 19.5 Å². The smallest absolute Gasteiger partial charge is 0.278 e. The predicted molar refractivity (Wildman–Crippen MR) is 99.1 cm³/mol. The Morgan fingerprint density at radius 3 is 2.96 bits per heavy atom. The van der Waals surface area contributed by atoms with E-state index in [0.29, 0.717) is 27.9 Å². The topological polar surface area (TPSA) is 92.7 Å². The number of aryl methyl sites for hydroxylation is 1. The van der Waals surface area contributed by atoms with Crippen LogP contribution in [0, 0.1) is 0 Å². The number of imidazole rings is 1. The summed E-state index contributed by atoms with van der Waals surface area (Å²) in [5, 5.41) is 3.60. The van der Waals surface area contributed by atoms with Crippen molar-refractivity contribution < 1.29 is 4.79 Å². The zero-order chi connectivity index (χ0) is 18.0. The highest BCUT2D eigenvalue weighted by molar-refractivity contribution is 8.00. The molecule has 0 aliphatic rings. The highest BCUT2D eigenvalue weighted by Crippen LogP contribution is 2.27. The van der Waals surface area contributed by atoms with E-state index < -0.39 is 0 Å². The first-order valence-corrected chi connectivity index (χ1v) is 8.88. The minimum Gasteiger partial charge on any atom is -0.325 e. The van der Waals surface area contributed by atoms with Gasteiger partial charge in [-0.3, -0.25) is 9.59 Å². The minimum atomic E-state index is -0.367. The Labute approximate surface area is 152 Å². The molecule has 0 saturated heterocycles. The van der Waals surface area contributed by atoms with Crippen LogP contribution in [-0.4, -0.2) is 30.7 Å². The molecule has 3 rings (SSSR count). The third-order valence-corrected chi connectivity index (χ3v) is 5.27. The zero-order valence-corrected chi connectivity index (χ0v) is 15.2. The second-order valence-corrected chi connectivity index (χ2v) is 6.98. The fourth-order valence-electron chi connectivity index (χ4n) is 2.33. The fraction of sp³-hybridized carbons (Fsp3) is 0.250. The van der Waals surface area contributed by atoms with E-state index in [0.717, 1.165) is 0 Å². The van der Waals surface area contributed by atoms with Crippen LogP contribution in [0.4, 0.5) is 5.69 Å². The van der Waals surface area contributed by atoms with Gasteiger partial charge in [0.25, 0.3) is 5.56 Å². The monoisotopic (exact) mass is 377 g/mol. The van der Waals surface area contributed by atoms with E-state index in [1.54, 1.807) is 35.9 Å². The van der Waals surface area contributed by atoms with Crippen LogP contribution in [0.15, 0.2) is 40.5 Å². The number of benzene rings is 1. The third-order valence-electron chi connectivity index (χ3n) is 3.62. The van der Waals surface area contributed by atoms with Gasteiger partial charge in [-0.15, -0.1) is 0 Å². The number of aromatic nitrogens is 4. The van der Waals surface area contributed by atoms with Gasteiger partial charge in [0.05, 0.1) is 11.6 Å². The van der Waals surface area contributed by atoms with Crippen LogP contribution in [-0.2, 0) is 11.8 Å². The Balaban J connectivity index is 1.82. The number of hydrogen-bond donors (Lipinski definition) is 2. The molecule has 0 spiro atoms. The normalized spacial score (nSPS) is 12.3. The van der Waals surface area contributed by atoms with Crippen molar-refractivity contribution in [2.75, 3.05) is 5.32 Å².